The van der Waals surface area contributed by atoms with Crippen molar-refractivity contribution in [1.29, 1.82) is 0 Å². The second kappa shape index (κ2) is 4.12. The highest BCUT2D eigenvalue weighted by atomic mass is 16.8. The summed E-state index contributed by atoms with van der Waals surface area (Å²) in [5.41, 5.74) is 0.359. The first kappa shape index (κ1) is 8.20. The predicted molar refractivity (Wildman–Crippen MR) is 34.0 cm³/mol. The van der Waals surface area contributed by atoms with Crippen LogP contribution in [0.2, 0.25) is 0 Å². The van der Waals surface area contributed by atoms with E-state index in [-0.39, 0.29) is 5.23 Å². The van der Waals surface area contributed by atoms with Crippen molar-refractivity contribution in [2.75, 3.05) is 0 Å². The third kappa shape index (κ3) is 2.90. The number of nitrogens with zero attached hydrogens (tertiary/aromatic N) is 1. The lowest BCUT2D eigenvalue weighted by atomic mass is 10.4. The summed E-state index contributed by atoms with van der Waals surface area (Å²) in [6.07, 6.45) is 4.88. The van der Waals surface area contributed by atoms with Crippen molar-refractivity contribution >= 4 is 0 Å². The molecular formula is C6H11NO2. The van der Waals surface area contributed by atoms with Gasteiger partial charge in [-0.1, -0.05) is 12.2 Å². The van der Waals surface area contributed by atoms with E-state index >= 15 is 0 Å². The fourth-order valence-electron chi connectivity index (χ4n) is 0.449. The van der Waals surface area contributed by atoms with E-state index in [1.807, 2.05) is 0 Å². The number of allylic oxidation sites excluding steroid dienone is 3. The highest BCUT2D eigenvalue weighted by Crippen LogP contribution is 1.97. The molecule has 0 saturated carbocycles. The lowest BCUT2D eigenvalue weighted by molar-refractivity contribution is -0.275. The van der Waals surface area contributed by atoms with E-state index in [4.69, 9.17) is 10.4 Å². The molecule has 0 aliphatic carbocycles. The first-order valence-electron chi connectivity index (χ1n) is 2.69. The van der Waals surface area contributed by atoms with Crippen LogP contribution >= 0.6 is 0 Å². The molecule has 0 fully saturated rings. The summed E-state index contributed by atoms with van der Waals surface area (Å²) >= 11 is 0. The molecule has 0 rings (SSSR count). The molecule has 0 unspecified atom stereocenters. The highest BCUT2D eigenvalue weighted by Gasteiger charge is 1.93. The third-order valence-corrected chi connectivity index (χ3v) is 0.864. The Bertz CT molecular complexity index is 127. The molecule has 9 heavy (non-hydrogen) atoms. The Morgan fingerprint density at radius 1 is 1.33 bits per heavy atom. The van der Waals surface area contributed by atoms with Crippen molar-refractivity contribution in [3.63, 3.8) is 0 Å². The first-order valence-corrected chi connectivity index (χ1v) is 2.69. The summed E-state index contributed by atoms with van der Waals surface area (Å²) < 4.78 is 0. The van der Waals surface area contributed by atoms with Crippen LogP contribution in [0.4, 0.5) is 0 Å². The molecule has 0 radical (unpaired) electrons. The largest absolute Gasteiger partial charge is 0.264 e. The number of hydroxylamine groups is 2. The average molecular weight is 129 g/mol. The van der Waals surface area contributed by atoms with Gasteiger partial charge in [0, 0.05) is 0 Å². The van der Waals surface area contributed by atoms with Gasteiger partial charge in [0.05, 0.1) is 5.70 Å². The van der Waals surface area contributed by atoms with Crippen LogP contribution in [-0.4, -0.2) is 15.6 Å². The van der Waals surface area contributed by atoms with Crippen LogP contribution in [-0.2, 0) is 0 Å². The normalized spacial score (nSPS) is 12.7. The minimum Gasteiger partial charge on any atom is -0.264 e. The monoisotopic (exact) mass is 129 g/mol. The summed E-state index contributed by atoms with van der Waals surface area (Å²) in [4.78, 5) is 0. The van der Waals surface area contributed by atoms with Crippen LogP contribution in [0.25, 0.3) is 0 Å². The van der Waals surface area contributed by atoms with Gasteiger partial charge in [0.1, 0.15) is 0 Å². The Hall–Kier alpha value is -0.800. The van der Waals surface area contributed by atoms with Gasteiger partial charge in [0.2, 0.25) is 0 Å². The van der Waals surface area contributed by atoms with Crippen molar-refractivity contribution in [3.05, 3.63) is 23.9 Å². The predicted octanol–water partition coefficient (Wildman–Crippen LogP) is 1.55. The molecule has 0 aromatic rings. The Balaban J connectivity index is 4.01. The van der Waals surface area contributed by atoms with Crippen LogP contribution < -0.4 is 0 Å². The molecule has 0 aliphatic rings. The standard InChI is InChI=1S/C6H11NO2/c1-3-5-6(4-2)7(8)9/h3-5,8-9H,1-2H3/b5-3-,6-4+. The summed E-state index contributed by atoms with van der Waals surface area (Å²) in [6.45, 7) is 3.52. The minimum absolute atomic E-state index is 0.0833. The van der Waals surface area contributed by atoms with Gasteiger partial charge in [0.15, 0.2) is 0 Å². The molecule has 3 heteroatoms. The maximum Gasteiger partial charge on any atom is 0.0896 e. The zero-order chi connectivity index (χ0) is 7.28. The van der Waals surface area contributed by atoms with Gasteiger partial charge in [-0.15, -0.1) is 5.23 Å². The van der Waals surface area contributed by atoms with E-state index in [1.54, 1.807) is 32.1 Å². The van der Waals surface area contributed by atoms with Crippen LogP contribution in [0, 0.1) is 0 Å². The summed E-state index contributed by atoms with van der Waals surface area (Å²) in [7, 11) is 0. The molecule has 0 aliphatic heterocycles. The average Bonchev–Trinajstić information content (AvgIpc) is 1.82. The van der Waals surface area contributed by atoms with Gasteiger partial charge < -0.3 is 0 Å². The van der Waals surface area contributed by atoms with E-state index in [0.717, 1.165) is 0 Å². The Kier molecular flexibility index (Phi) is 3.75. The topological polar surface area (TPSA) is 43.7 Å². The second-order valence-electron chi connectivity index (χ2n) is 1.50. The van der Waals surface area contributed by atoms with E-state index in [1.165, 1.54) is 0 Å². The van der Waals surface area contributed by atoms with Gasteiger partial charge >= 0.3 is 0 Å². The minimum atomic E-state index is 0.0833. The molecule has 0 saturated heterocycles. The highest BCUT2D eigenvalue weighted by molar-refractivity contribution is 5.12. The van der Waals surface area contributed by atoms with Crippen LogP contribution in [0.3, 0.4) is 0 Å². The molecule has 0 aromatic carbocycles. The fraction of sp³-hybridized carbons (Fsp3) is 0.333. The van der Waals surface area contributed by atoms with Crippen LogP contribution in [0.5, 0.6) is 0 Å². The van der Waals surface area contributed by atoms with Crippen molar-refractivity contribution in [1.82, 2.24) is 5.23 Å². The Labute approximate surface area is 54.4 Å². The zero-order valence-corrected chi connectivity index (χ0v) is 5.57. The number of hydrogen-bond acceptors (Lipinski definition) is 3. The fourth-order valence-corrected chi connectivity index (χ4v) is 0.449. The summed E-state index contributed by atoms with van der Waals surface area (Å²) in [5.74, 6) is 0. The molecule has 52 valence electrons. The zero-order valence-electron chi connectivity index (χ0n) is 5.57. The van der Waals surface area contributed by atoms with Gasteiger partial charge in [-0.25, -0.2) is 0 Å². The van der Waals surface area contributed by atoms with Crippen molar-refractivity contribution < 1.29 is 10.4 Å². The first-order chi connectivity index (χ1) is 4.22. The molecule has 2 N–H and O–H groups in total. The lowest BCUT2D eigenvalue weighted by Gasteiger charge is -2.06. The quantitative estimate of drug-likeness (QED) is 0.439. The molecular weight excluding hydrogens is 118 g/mol. The summed E-state index contributed by atoms with van der Waals surface area (Å²) in [5, 5.41) is 16.9. The molecule has 3 nitrogen and oxygen atoms in total. The molecule has 0 heterocycles. The molecule has 0 spiro atoms. The molecule has 0 amide bonds. The second-order valence-corrected chi connectivity index (χ2v) is 1.50. The van der Waals surface area contributed by atoms with E-state index < -0.39 is 0 Å². The molecule has 0 atom stereocenters. The van der Waals surface area contributed by atoms with Gasteiger partial charge in [-0.2, -0.15) is 0 Å². The Morgan fingerprint density at radius 3 is 2.00 bits per heavy atom. The van der Waals surface area contributed by atoms with Gasteiger partial charge in [-0.05, 0) is 19.9 Å². The number of hydrogen-bond donors (Lipinski definition) is 2. The maximum atomic E-state index is 8.41. The molecule has 0 bridgehead atoms. The van der Waals surface area contributed by atoms with E-state index in [0.29, 0.717) is 5.70 Å². The Morgan fingerprint density at radius 2 is 1.89 bits per heavy atom. The van der Waals surface area contributed by atoms with Gasteiger partial charge in [-0.3, -0.25) is 10.4 Å². The van der Waals surface area contributed by atoms with Gasteiger partial charge in [0.25, 0.3) is 0 Å². The van der Waals surface area contributed by atoms with Crippen molar-refractivity contribution in [2.45, 2.75) is 13.8 Å². The maximum absolute atomic E-state index is 8.41. The van der Waals surface area contributed by atoms with Crippen molar-refractivity contribution in [3.8, 4) is 0 Å². The van der Waals surface area contributed by atoms with Crippen LogP contribution in [0.15, 0.2) is 23.9 Å². The lowest BCUT2D eigenvalue weighted by Crippen LogP contribution is -2.10. The van der Waals surface area contributed by atoms with E-state index in [2.05, 4.69) is 0 Å². The summed E-state index contributed by atoms with van der Waals surface area (Å²) in [6, 6.07) is 0. The number of rotatable bonds is 2. The molecule has 0 aromatic heterocycles. The third-order valence-electron chi connectivity index (χ3n) is 0.864. The van der Waals surface area contributed by atoms with Crippen molar-refractivity contribution in [2.24, 2.45) is 0 Å². The van der Waals surface area contributed by atoms with E-state index in [9.17, 15) is 0 Å². The smallest absolute Gasteiger partial charge is 0.0896 e. The van der Waals surface area contributed by atoms with Crippen LogP contribution in [0.1, 0.15) is 13.8 Å². The SMILES string of the molecule is C/C=C\C(=C/C)N(O)O.